The Balaban J connectivity index is 0.000000229. The van der Waals surface area contributed by atoms with Crippen molar-refractivity contribution in [3.05, 3.63) is 138 Å². The van der Waals surface area contributed by atoms with Gasteiger partial charge in [0, 0.05) is 46.1 Å². The summed E-state index contributed by atoms with van der Waals surface area (Å²) in [5, 5.41) is 3.09. The third-order valence-corrected chi connectivity index (χ3v) is 10.5. The first kappa shape index (κ1) is 31.3. The van der Waals surface area contributed by atoms with Crippen molar-refractivity contribution in [3.8, 4) is 33.6 Å². The molecule has 0 saturated heterocycles. The molecule has 0 unspecified atom stereocenters. The summed E-state index contributed by atoms with van der Waals surface area (Å²) in [6, 6.07) is 32.7. The molecule has 7 aromatic rings. The van der Waals surface area contributed by atoms with Crippen molar-refractivity contribution in [1.29, 1.82) is 0 Å². The summed E-state index contributed by atoms with van der Waals surface area (Å²) >= 11 is 0. The van der Waals surface area contributed by atoms with Crippen LogP contribution < -0.4 is 5.19 Å². The van der Waals surface area contributed by atoms with Gasteiger partial charge in [0.25, 0.3) is 0 Å². The molecule has 4 aromatic carbocycles. The van der Waals surface area contributed by atoms with Gasteiger partial charge in [-0.2, -0.15) is 0 Å². The molecule has 0 bridgehead atoms. The van der Waals surface area contributed by atoms with Crippen LogP contribution in [0.2, 0.25) is 19.6 Å². The molecule has 6 heteroatoms. The Labute approximate surface area is 331 Å². The Bertz CT molecular complexity index is 2550. The normalized spacial score (nSPS) is 14.2. The molecule has 3 nitrogen and oxygen atoms in total. The maximum Gasteiger partial charge on any atom is 0.123 e. The maximum atomic E-state index is 13.3. The van der Waals surface area contributed by atoms with Gasteiger partial charge in [-0.15, -0.1) is 53.6 Å². The number of pyridine rings is 2. The van der Waals surface area contributed by atoms with Gasteiger partial charge in [0.2, 0.25) is 0 Å². The molecule has 269 valence electrons. The van der Waals surface area contributed by atoms with Crippen LogP contribution in [-0.2, 0) is 26.5 Å². The fourth-order valence-electron chi connectivity index (χ4n) is 6.03. The third-order valence-electron chi connectivity index (χ3n) is 8.49. The monoisotopic (exact) mass is 889 g/mol. The van der Waals surface area contributed by atoms with Gasteiger partial charge in [-0.05, 0) is 69.6 Å². The molecule has 0 fully saturated rings. The summed E-state index contributed by atoms with van der Waals surface area (Å²) < 4.78 is 67.6. The van der Waals surface area contributed by atoms with Crippen molar-refractivity contribution >= 4 is 35.2 Å². The Morgan fingerprint density at radius 1 is 0.885 bits per heavy atom. The molecular formula is C46H47FIrN2OSi-2. The number of rotatable bonds is 6. The van der Waals surface area contributed by atoms with Gasteiger partial charge in [-0.1, -0.05) is 120 Å². The van der Waals surface area contributed by atoms with E-state index in [0.717, 1.165) is 38.7 Å². The van der Waals surface area contributed by atoms with Gasteiger partial charge in [0.1, 0.15) is 11.4 Å². The van der Waals surface area contributed by atoms with Crippen molar-refractivity contribution < 1.29 is 37.1 Å². The van der Waals surface area contributed by atoms with Crippen molar-refractivity contribution in [2.75, 3.05) is 0 Å². The van der Waals surface area contributed by atoms with Crippen LogP contribution in [0.1, 0.15) is 65.4 Å². The van der Waals surface area contributed by atoms with E-state index in [1.807, 2.05) is 77.2 Å². The van der Waals surface area contributed by atoms with Crippen LogP contribution in [0.25, 0.3) is 55.6 Å². The van der Waals surface area contributed by atoms with Crippen LogP contribution in [0.3, 0.4) is 0 Å². The second-order valence-electron chi connectivity index (χ2n) is 15.1. The quantitative estimate of drug-likeness (QED) is 0.123. The summed E-state index contributed by atoms with van der Waals surface area (Å²) in [5.41, 5.74) is 7.25. The Kier molecular flexibility index (Phi) is 9.51. The Hall–Kier alpha value is -4.22. The number of hydrogen-bond acceptors (Lipinski definition) is 3. The predicted octanol–water partition coefficient (Wildman–Crippen LogP) is 12.4. The van der Waals surface area contributed by atoms with E-state index in [-0.39, 0.29) is 31.5 Å². The minimum Gasteiger partial charge on any atom is -0.501 e. The average molecular weight is 889 g/mol. The fraction of sp³-hybridized carbons (Fsp3) is 0.261. The second-order valence-corrected chi connectivity index (χ2v) is 20.1. The minimum absolute atomic E-state index is 0. The van der Waals surface area contributed by atoms with Gasteiger partial charge in [-0.25, -0.2) is 4.39 Å². The number of furan rings is 1. The number of benzene rings is 4. The fourth-order valence-corrected chi connectivity index (χ4v) is 7.61. The topological polar surface area (TPSA) is 38.9 Å². The van der Waals surface area contributed by atoms with Crippen molar-refractivity contribution in [2.24, 2.45) is 5.41 Å². The molecule has 0 amide bonds. The first-order valence-electron chi connectivity index (χ1n) is 20.1. The van der Waals surface area contributed by atoms with Crippen LogP contribution in [0.4, 0.5) is 4.39 Å². The van der Waals surface area contributed by atoms with E-state index in [4.69, 9.17) is 12.6 Å². The van der Waals surface area contributed by atoms with E-state index >= 15 is 0 Å². The van der Waals surface area contributed by atoms with Gasteiger partial charge in [0.15, 0.2) is 0 Å². The largest absolute Gasteiger partial charge is 0.501 e. The van der Waals surface area contributed by atoms with Crippen molar-refractivity contribution in [3.63, 3.8) is 0 Å². The summed E-state index contributed by atoms with van der Waals surface area (Å²) in [6.45, 7) is 14.0. The predicted molar refractivity (Wildman–Crippen MR) is 215 cm³/mol. The van der Waals surface area contributed by atoms with E-state index in [9.17, 15) is 4.39 Å². The smallest absolute Gasteiger partial charge is 0.123 e. The van der Waals surface area contributed by atoms with Crippen LogP contribution in [0.5, 0.6) is 0 Å². The van der Waals surface area contributed by atoms with Gasteiger partial charge in [0.05, 0.1) is 13.7 Å². The summed E-state index contributed by atoms with van der Waals surface area (Å²) in [5.74, 6) is -0.985. The molecule has 0 aliphatic heterocycles. The molecular weight excluding hydrogens is 836 g/mol. The molecule has 0 atom stereocenters. The molecule has 0 aliphatic rings. The van der Waals surface area contributed by atoms with Crippen LogP contribution in [0, 0.1) is 30.2 Å². The number of halogens is 1. The summed E-state index contributed by atoms with van der Waals surface area (Å²) in [6.07, 6.45) is 1.99. The zero-order valence-corrected chi connectivity index (χ0v) is 34.2. The zero-order chi connectivity index (χ0) is 41.7. The first-order valence-corrected chi connectivity index (χ1v) is 20.6. The van der Waals surface area contributed by atoms with E-state index in [1.165, 1.54) is 23.4 Å². The van der Waals surface area contributed by atoms with Crippen molar-refractivity contribution in [2.45, 2.75) is 73.4 Å². The van der Waals surface area contributed by atoms with Gasteiger partial charge < -0.3 is 14.4 Å². The molecule has 1 radical (unpaired) electrons. The maximum absolute atomic E-state index is 13.3. The molecule has 0 aliphatic carbocycles. The number of aryl methyl sites for hydroxylation is 1. The number of hydrogen-bond donors (Lipinski definition) is 0. The summed E-state index contributed by atoms with van der Waals surface area (Å²) in [4.78, 5) is 9.07. The summed E-state index contributed by atoms with van der Waals surface area (Å²) in [7, 11) is -1.61. The van der Waals surface area contributed by atoms with E-state index in [0.29, 0.717) is 28.0 Å². The molecule has 0 spiro atoms. The van der Waals surface area contributed by atoms with Crippen molar-refractivity contribution in [1.82, 2.24) is 9.97 Å². The van der Waals surface area contributed by atoms with Crippen LogP contribution in [-0.4, -0.2) is 18.0 Å². The minimum atomic E-state index is -2.13. The molecule has 3 heterocycles. The molecule has 0 N–H and O–H groups in total. The molecule has 7 rings (SSSR count). The third kappa shape index (κ3) is 9.04. The number of fused-ring (bicyclic) bond motifs is 3. The average Bonchev–Trinajstić information content (AvgIpc) is 3.52. The second kappa shape index (κ2) is 15.8. The van der Waals surface area contributed by atoms with E-state index in [1.54, 1.807) is 42.6 Å². The number of nitrogens with zero attached hydrogens (tertiary/aromatic N) is 2. The SMILES string of the molecule is [2H]C([2H])([2H])c1c[c-]c(-c2cc(C([2H])(C)C)c([Si](C)(C)C)cn2)cc1.[2H]C([2H])(c1ccnc(-c2[c-]ccc3c2oc2cc(-c4ccc(F)cc4)ccc23)c1)C(C)(C)C.[Ir]. The molecule has 0 saturated carbocycles. The zero-order valence-electron chi connectivity index (χ0n) is 36.8. The van der Waals surface area contributed by atoms with Gasteiger partial charge >= 0.3 is 0 Å². The molecule has 52 heavy (non-hydrogen) atoms. The van der Waals surface area contributed by atoms with E-state index in [2.05, 4.69) is 41.7 Å². The Morgan fingerprint density at radius 3 is 2.29 bits per heavy atom. The van der Waals surface area contributed by atoms with Gasteiger partial charge in [-0.3, -0.25) is 0 Å². The Morgan fingerprint density at radius 2 is 1.63 bits per heavy atom. The van der Waals surface area contributed by atoms with Crippen LogP contribution >= 0.6 is 0 Å². The molecule has 3 aromatic heterocycles. The van der Waals surface area contributed by atoms with Crippen LogP contribution in [0.15, 0.2) is 108 Å². The first-order chi connectivity index (χ1) is 26.4. The van der Waals surface area contributed by atoms with E-state index < -0.39 is 32.6 Å². The number of aromatic nitrogens is 2. The standard InChI is InChI=1S/C28H23FNO.C18H24NSi.Ir/c1-28(2,3)17-18-13-14-30-25(15-18)24-6-4-5-23-22-12-9-20(16-26(22)31-27(23)24)19-7-10-21(29)11-8-19;1-13(2)16-11-17(15-9-7-14(3)8-10-15)19-12-18(16)20(4,5)6;/h4-5,7-16H,17H2,1-3H3;7-9,11-13H,1-6H3;/q2*-1;/i17D2;3D3,13D;.